The highest BCUT2D eigenvalue weighted by atomic mass is 35.5. The Labute approximate surface area is 171 Å². The Morgan fingerprint density at radius 1 is 1.21 bits per heavy atom. The molecule has 7 heteroatoms. The standard InChI is InChI=1S/C21H20ClN3O2S/c1-2-17(14-7-4-3-5-8-14)21(26)23-20-18-12-28(27)13-19(18)24-25(20)16-10-6-9-15(22)11-16/h3-11,17H,2,12-13H2,1H3,(H,23,26)/t17-,28+/m0/s1. The van der Waals surface area contributed by atoms with Crippen molar-refractivity contribution in [3.63, 3.8) is 0 Å². The molecular weight excluding hydrogens is 394 g/mol. The predicted octanol–water partition coefficient (Wildman–Crippen LogP) is 4.42. The van der Waals surface area contributed by atoms with Gasteiger partial charge in [-0.05, 0) is 30.2 Å². The zero-order valence-corrected chi connectivity index (χ0v) is 17.0. The number of fused-ring (bicyclic) bond motifs is 1. The second kappa shape index (κ2) is 7.89. The second-order valence-electron chi connectivity index (χ2n) is 6.75. The molecule has 0 spiro atoms. The van der Waals surface area contributed by atoms with Crippen LogP contribution in [0.15, 0.2) is 54.6 Å². The maximum absolute atomic E-state index is 13.1. The topological polar surface area (TPSA) is 64.0 Å². The fourth-order valence-corrected chi connectivity index (χ4v) is 4.96. The average Bonchev–Trinajstić information content (AvgIpc) is 3.20. The summed E-state index contributed by atoms with van der Waals surface area (Å²) in [6.45, 7) is 1.99. The molecule has 0 bridgehead atoms. The monoisotopic (exact) mass is 413 g/mol. The van der Waals surface area contributed by atoms with Crippen molar-refractivity contribution in [3.05, 3.63) is 76.4 Å². The Bertz CT molecular complexity index is 1050. The van der Waals surface area contributed by atoms with Gasteiger partial charge in [-0.2, -0.15) is 5.10 Å². The van der Waals surface area contributed by atoms with Gasteiger partial charge in [0, 0.05) is 21.4 Å². The third-order valence-electron chi connectivity index (χ3n) is 4.89. The molecule has 2 atom stereocenters. The molecule has 2 aromatic carbocycles. The smallest absolute Gasteiger partial charge is 0.233 e. The van der Waals surface area contributed by atoms with E-state index in [9.17, 15) is 9.00 Å². The number of anilines is 1. The van der Waals surface area contributed by atoms with Gasteiger partial charge in [0.05, 0.1) is 28.8 Å². The van der Waals surface area contributed by atoms with Crippen LogP contribution in [0.4, 0.5) is 5.82 Å². The van der Waals surface area contributed by atoms with Gasteiger partial charge < -0.3 is 5.32 Å². The first kappa shape index (κ1) is 18.9. The van der Waals surface area contributed by atoms with E-state index in [-0.39, 0.29) is 11.8 Å². The first-order chi connectivity index (χ1) is 13.6. The van der Waals surface area contributed by atoms with E-state index < -0.39 is 10.8 Å². The molecule has 2 heterocycles. The lowest BCUT2D eigenvalue weighted by Crippen LogP contribution is -2.23. The summed E-state index contributed by atoms with van der Waals surface area (Å²) < 4.78 is 13.7. The van der Waals surface area contributed by atoms with Gasteiger partial charge in [0.25, 0.3) is 0 Å². The molecule has 0 saturated carbocycles. The lowest BCUT2D eigenvalue weighted by Gasteiger charge is -2.17. The molecule has 3 aromatic rings. The first-order valence-electron chi connectivity index (χ1n) is 9.14. The third-order valence-corrected chi connectivity index (χ3v) is 6.33. The molecule has 1 aliphatic heterocycles. The number of nitrogens with one attached hydrogen (secondary N) is 1. The van der Waals surface area contributed by atoms with E-state index >= 15 is 0 Å². The molecule has 144 valence electrons. The highest BCUT2D eigenvalue weighted by molar-refractivity contribution is 7.83. The third kappa shape index (κ3) is 3.62. The van der Waals surface area contributed by atoms with E-state index in [0.29, 0.717) is 28.8 Å². The van der Waals surface area contributed by atoms with Crippen LogP contribution in [0, 0.1) is 0 Å². The molecule has 4 rings (SSSR count). The maximum atomic E-state index is 13.1. The first-order valence-corrected chi connectivity index (χ1v) is 11.0. The fraction of sp³-hybridized carbons (Fsp3) is 0.238. The normalized spacial score (nSPS) is 16.6. The molecule has 5 nitrogen and oxygen atoms in total. The van der Waals surface area contributed by atoms with Gasteiger partial charge in [-0.25, -0.2) is 4.68 Å². The highest BCUT2D eigenvalue weighted by Gasteiger charge is 2.30. The van der Waals surface area contributed by atoms with Crippen molar-refractivity contribution < 1.29 is 9.00 Å². The quantitative estimate of drug-likeness (QED) is 0.673. The summed E-state index contributed by atoms with van der Waals surface area (Å²) in [4.78, 5) is 13.1. The van der Waals surface area contributed by atoms with Crippen LogP contribution < -0.4 is 5.32 Å². The molecule has 0 radical (unpaired) electrons. The van der Waals surface area contributed by atoms with E-state index in [1.165, 1.54) is 0 Å². The lowest BCUT2D eigenvalue weighted by molar-refractivity contribution is -0.117. The largest absolute Gasteiger partial charge is 0.310 e. The molecule has 0 unspecified atom stereocenters. The number of rotatable bonds is 5. The fourth-order valence-electron chi connectivity index (χ4n) is 3.51. The number of amides is 1. The number of benzene rings is 2. The van der Waals surface area contributed by atoms with Crippen LogP contribution in [-0.4, -0.2) is 19.9 Å². The summed E-state index contributed by atoms with van der Waals surface area (Å²) >= 11 is 6.15. The van der Waals surface area contributed by atoms with Gasteiger partial charge in [-0.3, -0.25) is 9.00 Å². The minimum absolute atomic E-state index is 0.0997. The van der Waals surface area contributed by atoms with E-state index in [4.69, 9.17) is 11.6 Å². The van der Waals surface area contributed by atoms with Gasteiger partial charge >= 0.3 is 0 Å². The van der Waals surface area contributed by atoms with Crippen LogP contribution >= 0.6 is 11.6 Å². The van der Waals surface area contributed by atoms with Crippen molar-refractivity contribution in [1.82, 2.24) is 9.78 Å². The average molecular weight is 414 g/mol. The molecule has 0 fully saturated rings. The molecule has 28 heavy (non-hydrogen) atoms. The summed E-state index contributed by atoms with van der Waals surface area (Å²) in [6.07, 6.45) is 0.676. The number of hydrogen-bond acceptors (Lipinski definition) is 3. The van der Waals surface area contributed by atoms with Gasteiger partial charge in [-0.1, -0.05) is 54.9 Å². The van der Waals surface area contributed by atoms with Crippen molar-refractivity contribution in [2.45, 2.75) is 30.8 Å². The van der Waals surface area contributed by atoms with E-state index in [2.05, 4.69) is 10.4 Å². The van der Waals surface area contributed by atoms with Crippen molar-refractivity contribution >= 4 is 34.1 Å². The Hall–Kier alpha value is -2.44. The maximum Gasteiger partial charge on any atom is 0.233 e. The second-order valence-corrected chi connectivity index (χ2v) is 8.65. The zero-order chi connectivity index (χ0) is 19.7. The molecule has 0 aliphatic carbocycles. The van der Waals surface area contributed by atoms with Crippen molar-refractivity contribution in [2.75, 3.05) is 5.32 Å². The molecule has 1 amide bonds. The highest BCUT2D eigenvalue weighted by Crippen LogP contribution is 2.33. The van der Waals surface area contributed by atoms with Crippen molar-refractivity contribution in [2.24, 2.45) is 0 Å². The number of hydrogen-bond donors (Lipinski definition) is 1. The number of aromatic nitrogens is 2. The van der Waals surface area contributed by atoms with Gasteiger partial charge in [-0.15, -0.1) is 0 Å². The Morgan fingerprint density at radius 2 is 2.00 bits per heavy atom. The minimum Gasteiger partial charge on any atom is -0.310 e. The number of halogens is 1. The van der Waals surface area contributed by atoms with Gasteiger partial charge in [0.2, 0.25) is 5.91 Å². The zero-order valence-electron chi connectivity index (χ0n) is 15.4. The Morgan fingerprint density at radius 3 is 2.71 bits per heavy atom. The summed E-state index contributed by atoms with van der Waals surface area (Å²) in [5, 5.41) is 8.26. The molecule has 1 N–H and O–H groups in total. The van der Waals surface area contributed by atoms with Crippen LogP contribution in [0.1, 0.15) is 36.1 Å². The van der Waals surface area contributed by atoms with Crippen LogP contribution in [0.25, 0.3) is 5.69 Å². The van der Waals surface area contributed by atoms with E-state index in [1.807, 2.05) is 49.4 Å². The number of carbonyl (C=O) groups is 1. The lowest BCUT2D eigenvalue weighted by atomic mass is 9.95. The Kier molecular flexibility index (Phi) is 5.33. The molecule has 1 aromatic heterocycles. The van der Waals surface area contributed by atoms with Gasteiger partial charge in [0.15, 0.2) is 0 Å². The van der Waals surface area contributed by atoms with Gasteiger partial charge in [0.1, 0.15) is 5.82 Å². The van der Waals surface area contributed by atoms with Crippen LogP contribution in [0.3, 0.4) is 0 Å². The predicted molar refractivity (Wildman–Crippen MR) is 112 cm³/mol. The Balaban J connectivity index is 1.72. The molecule has 0 saturated heterocycles. The summed E-state index contributed by atoms with van der Waals surface area (Å²) in [5.74, 6) is 1.02. The van der Waals surface area contributed by atoms with Crippen LogP contribution in [0.5, 0.6) is 0 Å². The number of nitrogens with zero attached hydrogens (tertiary/aromatic N) is 2. The van der Waals surface area contributed by atoms with Crippen molar-refractivity contribution in [1.29, 1.82) is 0 Å². The van der Waals surface area contributed by atoms with E-state index in [0.717, 1.165) is 22.5 Å². The minimum atomic E-state index is -0.984. The SMILES string of the molecule is CC[C@H](C(=O)Nc1c2c(nn1-c1cccc(Cl)c1)C[S@](=O)C2)c1ccccc1. The summed E-state index contributed by atoms with van der Waals surface area (Å²) in [6, 6.07) is 17.0. The van der Waals surface area contributed by atoms with Crippen LogP contribution in [0.2, 0.25) is 5.02 Å². The number of carbonyl (C=O) groups excluding carboxylic acids is 1. The molecule has 1 aliphatic rings. The molecular formula is C21H20ClN3O2S. The van der Waals surface area contributed by atoms with E-state index in [1.54, 1.807) is 16.8 Å². The summed E-state index contributed by atoms with van der Waals surface area (Å²) in [5.41, 5.74) is 3.34. The summed E-state index contributed by atoms with van der Waals surface area (Å²) in [7, 11) is -0.984. The van der Waals surface area contributed by atoms with Crippen LogP contribution in [-0.2, 0) is 27.1 Å². The van der Waals surface area contributed by atoms with Crippen molar-refractivity contribution in [3.8, 4) is 5.69 Å².